The standard InChI is InChI=1S/C17H14O8/c1-5-8-4-9(14(18)19)11(15(20)21)6(2)10(8)7(3)13(17(24)25)12(5)16(22)23/h4H,1-3H3,(H,18,19)(H,20,21)(H,22,23)(H,24,25). The maximum atomic E-state index is 11.6. The van der Waals surface area contributed by atoms with Crippen LogP contribution in [0.4, 0.5) is 0 Å². The molecule has 0 aromatic heterocycles. The van der Waals surface area contributed by atoms with E-state index < -0.39 is 46.1 Å². The van der Waals surface area contributed by atoms with E-state index >= 15 is 0 Å². The van der Waals surface area contributed by atoms with Crippen LogP contribution in [0.2, 0.25) is 0 Å². The van der Waals surface area contributed by atoms with E-state index in [1.54, 1.807) is 0 Å². The van der Waals surface area contributed by atoms with Gasteiger partial charge in [0.05, 0.1) is 22.3 Å². The number of carbonyl (C=O) groups is 4. The number of aryl methyl sites for hydroxylation is 3. The van der Waals surface area contributed by atoms with E-state index in [-0.39, 0.29) is 27.5 Å². The fraction of sp³-hybridized carbons (Fsp3) is 0.176. The number of fused-ring (bicyclic) bond motifs is 1. The van der Waals surface area contributed by atoms with Gasteiger partial charge in [0.15, 0.2) is 0 Å². The third-order valence-corrected chi connectivity index (χ3v) is 4.23. The summed E-state index contributed by atoms with van der Waals surface area (Å²) in [6.45, 7) is 4.11. The molecular weight excluding hydrogens is 332 g/mol. The van der Waals surface area contributed by atoms with Crippen molar-refractivity contribution in [2.24, 2.45) is 0 Å². The van der Waals surface area contributed by atoms with Gasteiger partial charge in [0.25, 0.3) is 0 Å². The zero-order valence-electron chi connectivity index (χ0n) is 13.5. The van der Waals surface area contributed by atoms with E-state index in [0.29, 0.717) is 0 Å². The van der Waals surface area contributed by atoms with Crippen molar-refractivity contribution in [1.82, 2.24) is 0 Å². The molecule has 130 valence electrons. The first-order valence-corrected chi connectivity index (χ1v) is 7.04. The van der Waals surface area contributed by atoms with Crippen LogP contribution >= 0.6 is 0 Å². The molecular formula is C17H14O8. The van der Waals surface area contributed by atoms with E-state index in [9.17, 15) is 39.6 Å². The summed E-state index contributed by atoms with van der Waals surface area (Å²) in [5.74, 6) is -5.86. The molecule has 25 heavy (non-hydrogen) atoms. The lowest BCUT2D eigenvalue weighted by molar-refractivity contribution is 0.0649. The zero-order valence-corrected chi connectivity index (χ0v) is 13.5. The summed E-state index contributed by atoms with van der Waals surface area (Å²) in [4.78, 5) is 46.1. The average molecular weight is 346 g/mol. The minimum atomic E-state index is -1.47. The number of carboxylic acid groups (broad SMARTS) is 4. The third-order valence-electron chi connectivity index (χ3n) is 4.23. The van der Waals surface area contributed by atoms with E-state index in [4.69, 9.17) is 0 Å². The minimum Gasteiger partial charge on any atom is -0.478 e. The van der Waals surface area contributed by atoms with Crippen LogP contribution < -0.4 is 0 Å². The molecule has 0 aliphatic carbocycles. The van der Waals surface area contributed by atoms with E-state index in [2.05, 4.69) is 0 Å². The summed E-state index contributed by atoms with van der Waals surface area (Å²) in [5, 5.41) is 37.9. The Hall–Kier alpha value is -3.42. The van der Waals surface area contributed by atoms with Gasteiger partial charge in [-0.05, 0) is 54.3 Å². The van der Waals surface area contributed by atoms with Crippen molar-refractivity contribution in [3.05, 3.63) is 45.0 Å². The molecule has 8 nitrogen and oxygen atoms in total. The first kappa shape index (κ1) is 17.9. The lowest BCUT2D eigenvalue weighted by atomic mass is 9.85. The van der Waals surface area contributed by atoms with Crippen molar-refractivity contribution in [2.75, 3.05) is 0 Å². The molecule has 4 N–H and O–H groups in total. The monoisotopic (exact) mass is 346 g/mol. The van der Waals surface area contributed by atoms with Crippen LogP contribution in [0, 0.1) is 20.8 Å². The number of rotatable bonds is 4. The van der Waals surface area contributed by atoms with Crippen LogP contribution in [-0.2, 0) is 0 Å². The van der Waals surface area contributed by atoms with Crippen LogP contribution in [0.3, 0.4) is 0 Å². The molecule has 0 bridgehead atoms. The molecule has 0 saturated carbocycles. The first-order chi connectivity index (χ1) is 11.5. The second-order valence-corrected chi connectivity index (χ2v) is 5.57. The Balaban J connectivity index is 3.24. The van der Waals surface area contributed by atoms with Gasteiger partial charge in [0, 0.05) is 0 Å². The highest BCUT2D eigenvalue weighted by Gasteiger charge is 2.28. The molecule has 0 radical (unpaired) electrons. The predicted octanol–water partition coefficient (Wildman–Crippen LogP) is 2.56. The van der Waals surface area contributed by atoms with E-state index in [1.807, 2.05) is 0 Å². The van der Waals surface area contributed by atoms with E-state index in [1.165, 1.54) is 20.8 Å². The summed E-state index contributed by atoms with van der Waals surface area (Å²) in [6.07, 6.45) is 0. The smallest absolute Gasteiger partial charge is 0.336 e. The van der Waals surface area contributed by atoms with E-state index in [0.717, 1.165) is 6.07 Å². The number of benzene rings is 2. The lowest BCUT2D eigenvalue weighted by Crippen LogP contribution is -2.16. The molecule has 0 heterocycles. The molecule has 0 unspecified atom stereocenters. The summed E-state index contributed by atoms with van der Waals surface area (Å²) in [5.41, 5.74) is -1.63. The quantitative estimate of drug-likeness (QED) is 0.660. The molecule has 0 atom stereocenters. The molecule has 0 aliphatic heterocycles. The second-order valence-electron chi connectivity index (χ2n) is 5.57. The van der Waals surface area contributed by atoms with Gasteiger partial charge in [-0.25, -0.2) is 19.2 Å². The fourth-order valence-corrected chi connectivity index (χ4v) is 3.21. The Labute approximate surface area is 140 Å². The Kier molecular flexibility index (Phi) is 4.23. The van der Waals surface area contributed by atoms with Crippen molar-refractivity contribution in [1.29, 1.82) is 0 Å². The van der Waals surface area contributed by atoms with Crippen molar-refractivity contribution in [3.63, 3.8) is 0 Å². The van der Waals surface area contributed by atoms with Crippen LogP contribution in [0.25, 0.3) is 10.8 Å². The maximum absolute atomic E-state index is 11.6. The predicted molar refractivity (Wildman–Crippen MR) is 86.0 cm³/mol. The Morgan fingerprint density at radius 2 is 1.04 bits per heavy atom. The maximum Gasteiger partial charge on any atom is 0.336 e. The highest BCUT2D eigenvalue weighted by molar-refractivity contribution is 6.14. The topological polar surface area (TPSA) is 149 Å². The second kappa shape index (κ2) is 5.90. The SMILES string of the molecule is Cc1c(C(=O)O)c(C(=O)O)c(C)c2c(C)c(C(=O)O)c(C(=O)O)cc12. The number of hydrogen-bond donors (Lipinski definition) is 4. The third kappa shape index (κ3) is 2.57. The van der Waals surface area contributed by atoms with Gasteiger partial charge in [-0.3, -0.25) is 0 Å². The van der Waals surface area contributed by atoms with Gasteiger partial charge in [-0.1, -0.05) is 0 Å². The highest BCUT2D eigenvalue weighted by atomic mass is 16.4. The van der Waals surface area contributed by atoms with Crippen molar-refractivity contribution in [2.45, 2.75) is 20.8 Å². The Morgan fingerprint density at radius 3 is 1.44 bits per heavy atom. The van der Waals surface area contributed by atoms with Crippen molar-refractivity contribution >= 4 is 34.6 Å². The van der Waals surface area contributed by atoms with Gasteiger partial charge in [-0.2, -0.15) is 0 Å². The first-order valence-electron chi connectivity index (χ1n) is 7.04. The summed E-state index contributed by atoms with van der Waals surface area (Å²) < 4.78 is 0. The van der Waals surface area contributed by atoms with Crippen LogP contribution in [0.1, 0.15) is 58.1 Å². The molecule has 0 spiro atoms. The van der Waals surface area contributed by atoms with Gasteiger partial charge >= 0.3 is 23.9 Å². The minimum absolute atomic E-state index is 0.0630. The van der Waals surface area contributed by atoms with Gasteiger partial charge in [-0.15, -0.1) is 0 Å². The number of carboxylic acids is 4. The van der Waals surface area contributed by atoms with Crippen molar-refractivity contribution in [3.8, 4) is 0 Å². The van der Waals surface area contributed by atoms with Crippen LogP contribution in [0.5, 0.6) is 0 Å². The number of hydrogen-bond acceptors (Lipinski definition) is 4. The molecule has 0 fully saturated rings. The van der Waals surface area contributed by atoms with Crippen molar-refractivity contribution < 1.29 is 39.6 Å². The lowest BCUT2D eigenvalue weighted by Gasteiger charge is -2.18. The van der Waals surface area contributed by atoms with Gasteiger partial charge in [0.1, 0.15) is 0 Å². The van der Waals surface area contributed by atoms with Crippen LogP contribution in [0.15, 0.2) is 6.07 Å². The normalized spacial score (nSPS) is 10.7. The summed E-state index contributed by atoms with van der Waals surface area (Å²) in [7, 11) is 0. The molecule has 2 aromatic rings. The molecule has 0 amide bonds. The van der Waals surface area contributed by atoms with Gasteiger partial charge in [0.2, 0.25) is 0 Å². The molecule has 8 heteroatoms. The van der Waals surface area contributed by atoms with Gasteiger partial charge < -0.3 is 20.4 Å². The Morgan fingerprint density at radius 1 is 0.640 bits per heavy atom. The fourth-order valence-electron chi connectivity index (χ4n) is 3.21. The van der Waals surface area contributed by atoms with Crippen LogP contribution in [-0.4, -0.2) is 44.3 Å². The molecule has 0 aliphatic rings. The highest BCUT2D eigenvalue weighted by Crippen LogP contribution is 2.35. The Bertz CT molecular complexity index is 976. The largest absolute Gasteiger partial charge is 0.478 e. The number of aromatic carboxylic acids is 4. The summed E-state index contributed by atoms with van der Waals surface area (Å²) >= 11 is 0. The average Bonchev–Trinajstić information content (AvgIpc) is 2.48. The molecule has 0 saturated heterocycles. The molecule has 2 rings (SSSR count). The molecule has 2 aromatic carbocycles. The zero-order chi connectivity index (χ0) is 19.2. The summed E-state index contributed by atoms with van der Waals surface area (Å²) in [6, 6.07) is 1.08.